The third-order valence-corrected chi connectivity index (χ3v) is 6.78. The smallest absolute Gasteiger partial charge is 0.338 e. The number of carbonyl (C=O) groups excluding carboxylic acids is 1. The molecule has 1 heterocycles. The molecule has 0 unspecified atom stereocenters. The van der Waals surface area contributed by atoms with Crippen molar-refractivity contribution in [2.75, 3.05) is 4.72 Å². The molecule has 0 saturated carbocycles. The van der Waals surface area contributed by atoms with E-state index >= 15 is 0 Å². The first-order valence-electron chi connectivity index (χ1n) is 10.5. The molecule has 0 amide bonds. The first kappa shape index (κ1) is 23.1. The molecule has 174 valence electrons. The second-order valence-electron chi connectivity index (χ2n) is 7.83. The predicted molar refractivity (Wildman–Crippen MR) is 126 cm³/mol. The van der Waals surface area contributed by atoms with E-state index in [9.17, 15) is 13.2 Å². The van der Waals surface area contributed by atoms with Crippen LogP contribution in [0.4, 0.5) is 5.69 Å². The van der Waals surface area contributed by atoms with Gasteiger partial charge in [-0.3, -0.25) is 4.72 Å². The third kappa shape index (κ3) is 5.12. The molecule has 1 N–H and O–H groups in total. The van der Waals surface area contributed by atoms with Crippen LogP contribution in [0.3, 0.4) is 0 Å². The zero-order chi connectivity index (χ0) is 24.3. The topological polar surface area (TPSA) is 116 Å². The van der Waals surface area contributed by atoms with Gasteiger partial charge in [-0.1, -0.05) is 18.2 Å². The van der Waals surface area contributed by atoms with Crippen LogP contribution in [-0.2, 0) is 14.8 Å². The van der Waals surface area contributed by atoms with Gasteiger partial charge in [0.1, 0.15) is 12.4 Å². The highest BCUT2D eigenvalue weighted by molar-refractivity contribution is 7.92. The average molecular weight is 478 g/mol. The minimum atomic E-state index is -3.75. The summed E-state index contributed by atoms with van der Waals surface area (Å²) < 4.78 is 35.0. The summed E-state index contributed by atoms with van der Waals surface area (Å²) >= 11 is 0. The van der Waals surface area contributed by atoms with E-state index in [1.165, 1.54) is 35.3 Å². The number of aromatic nitrogens is 4. The van der Waals surface area contributed by atoms with Gasteiger partial charge in [0, 0.05) is 5.69 Å². The second-order valence-corrected chi connectivity index (χ2v) is 9.51. The fourth-order valence-electron chi connectivity index (χ4n) is 3.27. The van der Waals surface area contributed by atoms with E-state index in [0.717, 1.165) is 22.4 Å². The van der Waals surface area contributed by atoms with Crippen LogP contribution < -0.4 is 4.72 Å². The molecule has 1 aromatic heterocycles. The Morgan fingerprint density at radius 1 is 1.00 bits per heavy atom. The number of esters is 1. The SMILES string of the molecule is Cc1ccc(S(=O)(=O)Nc2ccc(C(=O)O[C@@H](C)c3cccc(-n4cnnn4)c3)cc2)cc1C. The second kappa shape index (κ2) is 9.44. The molecule has 0 aliphatic rings. The maximum atomic E-state index is 12.7. The van der Waals surface area contributed by atoms with Crippen LogP contribution in [0, 0.1) is 13.8 Å². The number of benzene rings is 3. The summed E-state index contributed by atoms with van der Waals surface area (Å²) in [6, 6.07) is 18.4. The number of nitrogens with one attached hydrogen (secondary N) is 1. The summed E-state index contributed by atoms with van der Waals surface area (Å²) in [4.78, 5) is 12.8. The van der Waals surface area contributed by atoms with Crippen LogP contribution in [0.25, 0.3) is 5.69 Å². The molecule has 34 heavy (non-hydrogen) atoms. The van der Waals surface area contributed by atoms with Gasteiger partial charge in [-0.15, -0.1) is 5.10 Å². The predicted octanol–water partition coefficient (Wildman–Crippen LogP) is 4.00. The van der Waals surface area contributed by atoms with Crippen LogP contribution in [0.15, 0.2) is 78.0 Å². The van der Waals surface area contributed by atoms with E-state index in [0.29, 0.717) is 11.3 Å². The summed E-state index contributed by atoms with van der Waals surface area (Å²) in [5.74, 6) is -0.524. The zero-order valence-electron chi connectivity index (χ0n) is 18.8. The van der Waals surface area contributed by atoms with Crippen molar-refractivity contribution in [3.05, 3.63) is 95.3 Å². The average Bonchev–Trinajstić information content (AvgIpc) is 3.36. The quantitative estimate of drug-likeness (QED) is 0.400. The van der Waals surface area contributed by atoms with Crippen molar-refractivity contribution < 1.29 is 17.9 Å². The molecule has 0 saturated heterocycles. The van der Waals surface area contributed by atoms with Crippen molar-refractivity contribution in [3.8, 4) is 5.69 Å². The van der Waals surface area contributed by atoms with Crippen LogP contribution in [0.5, 0.6) is 0 Å². The number of ether oxygens (including phenoxy) is 1. The van der Waals surface area contributed by atoms with E-state index in [-0.39, 0.29) is 4.90 Å². The van der Waals surface area contributed by atoms with Crippen molar-refractivity contribution in [3.63, 3.8) is 0 Å². The number of hydrogen-bond donors (Lipinski definition) is 1. The number of tetrazole rings is 1. The molecule has 4 rings (SSSR count). The maximum Gasteiger partial charge on any atom is 0.338 e. The molecule has 0 fully saturated rings. The summed E-state index contributed by atoms with van der Waals surface area (Å²) in [5, 5.41) is 11.1. The molecule has 0 aliphatic carbocycles. The molecule has 4 aromatic rings. The van der Waals surface area contributed by atoms with Crippen molar-refractivity contribution >= 4 is 21.7 Å². The highest BCUT2D eigenvalue weighted by atomic mass is 32.2. The van der Waals surface area contributed by atoms with Crippen LogP contribution in [0.1, 0.15) is 40.1 Å². The molecule has 3 aromatic carbocycles. The van der Waals surface area contributed by atoms with Gasteiger partial charge in [0.2, 0.25) is 0 Å². The number of anilines is 1. The Kier molecular flexibility index (Phi) is 6.42. The molecular weight excluding hydrogens is 454 g/mol. The first-order chi connectivity index (χ1) is 16.2. The summed E-state index contributed by atoms with van der Waals surface area (Å²) in [5.41, 5.74) is 4.07. The zero-order valence-corrected chi connectivity index (χ0v) is 19.7. The van der Waals surface area contributed by atoms with E-state index in [2.05, 4.69) is 20.2 Å². The molecule has 0 bridgehead atoms. The fourth-order valence-corrected chi connectivity index (χ4v) is 4.41. The molecule has 1 atom stereocenters. The number of carbonyl (C=O) groups is 1. The normalized spacial score (nSPS) is 12.2. The molecule has 0 aliphatic heterocycles. The number of nitrogens with zero attached hydrogens (tertiary/aromatic N) is 4. The van der Waals surface area contributed by atoms with Gasteiger partial charge < -0.3 is 4.74 Å². The molecule has 9 nitrogen and oxygen atoms in total. The highest BCUT2D eigenvalue weighted by Crippen LogP contribution is 2.23. The Morgan fingerprint density at radius 2 is 1.76 bits per heavy atom. The van der Waals surface area contributed by atoms with Gasteiger partial charge in [-0.05, 0) is 96.4 Å². The van der Waals surface area contributed by atoms with Crippen molar-refractivity contribution in [1.29, 1.82) is 0 Å². The maximum absolute atomic E-state index is 12.7. The Morgan fingerprint density at radius 3 is 2.44 bits per heavy atom. The van der Waals surface area contributed by atoms with Crippen LogP contribution in [0.2, 0.25) is 0 Å². The van der Waals surface area contributed by atoms with Gasteiger partial charge in [-0.25, -0.2) is 17.9 Å². The Balaban J connectivity index is 1.43. The fraction of sp³-hybridized carbons (Fsp3) is 0.167. The molecular formula is C24H23N5O4S. The summed E-state index contributed by atoms with van der Waals surface area (Å²) in [6.07, 6.45) is 0.956. The third-order valence-electron chi connectivity index (χ3n) is 5.40. The molecule has 0 spiro atoms. The Hall–Kier alpha value is -4.05. The van der Waals surface area contributed by atoms with Gasteiger partial charge in [-0.2, -0.15) is 0 Å². The van der Waals surface area contributed by atoms with Gasteiger partial charge in [0.25, 0.3) is 10.0 Å². The minimum Gasteiger partial charge on any atom is -0.454 e. The number of sulfonamides is 1. The number of aryl methyl sites for hydroxylation is 2. The van der Waals surface area contributed by atoms with Gasteiger partial charge >= 0.3 is 5.97 Å². The first-order valence-corrected chi connectivity index (χ1v) is 12.0. The lowest BCUT2D eigenvalue weighted by molar-refractivity contribution is 0.0338. The Labute approximate surface area is 197 Å². The van der Waals surface area contributed by atoms with Gasteiger partial charge in [0.15, 0.2) is 0 Å². The van der Waals surface area contributed by atoms with Crippen LogP contribution >= 0.6 is 0 Å². The van der Waals surface area contributed by atoms with Crippen molar-refractivity contribution in [2.24, 2.45) is 0 Å². The lowest BCUT2D eigenvalue weighted by Crippen LogP contribution is -2.14. The monoisotopic (exact) mass is 477 g/mol. The van der Waals surface area contributed by atoms with Crippen molar-refractivity contribution in [1.82, 2.24) is 20.2 Å². The summed E-state index contributed by atoms with van der Waals surface area (Å²) in [7, 11) is -3.75. The molecule has 0 radical (unpaired) electrons. The Bertz CT molecular complexity index is 1420. The largest absolute Gasteiger partial charge is 0.454 e. The number of hydrogen-bond acceptors (Lipinski definition) is 7. The lowest BCUT2D eigenvalue weighted by Gasteiger charge is -2.15. The minimum absolute atomic E-state index is 0.178. The van der Waals surface area contributed by atoms with E-state index in [4.69, 9.17) is 4.74 Å². The summed E-state index contributed by atoms with van der Waals surface area (Å²) in [6.45, 7) is 5.55. The van der Waals surface area contributed by atoms with Crippen LogP contribution in [-0.4, -0.2) is 34.6 Å². The van der Waals surface area contributed by atoms with E-state index in [1.807, 2.05) is 38.1 Å². The molecule has 10 heteroatoms. The standard InChI is InChI=1S/C24H23N5O4S/c1-16-7-12-23(13-17(16)2)34(31,32)26-21-10-8-19(9-11-21)24(30)33-18(3)20-5-4-6-22(14-20)29-15-25-27-28-29/h4-15,18,26H,1-3H3/t18-/m0/s1. The van der Waals surface area contributed by atoms with E-state index < -0.39 is 22.1 Å². The van der Waals surface area contributed by atoms with Crippen molar-refractivity contribution in [2.45, 2.75) is 31.8 Å². The van der Waals surface area contributed by atoms with E-state index in [1.54, 1.807) is 25.1 Å². The highest BCUT2D eigenvalue weighted by Gasteiger charge is 2.17. The van der Waals surface area contributed by atoms with Gasteiger partial charge in [0.05, 0.1) is 16.1 Å². The lowest BCUT2D eigenvalue weighted by atomic mass is 10.1. The number of rotatable bonds is 7.